The smallest absolute Gasteiger partial charge is 0.286 e. The molecule has 0 aliphatic heterocycles. The third-order valence-electron chi connectivity index (χ3n) is 3.66. The van der Waals surface area contributed by atoms with Gasteiger partial charge in [-0.15, -0.1) is 16.4 Å². The molecule has 10 heteroatoms. The first-order valence-electron chi connectivity index (χ1n) is 8.12. The number of halogens is 4. The summed E-state index contributed by atoms with van der Waals surface area (Å²) in [7, 11) is 0. The Hall–Kier alpha value is -2.96. The van der Waals surface area contributed by atoms with E-state index in [2.05, 4.69) is 22.0 Å². The van der Waals surface area contributed by atoms with Gasteiger partial charge in [0.15, 0.2) is 11.6 Å². The van der Waals surface area contributed by atoms with Crippen molar-refractivity contribution in [3.05, 3.63) is 78.9 Å². The number of hydrogen-bond donors (Lipinski definition) is 0. The molecular formula is C19H11ClF3N3O2S. The van der Waals surface area contributed by atoms with Gasteiger partial charge < -0.3 is 4.57 Å². The summed E-state index contributed by atoms with van der Waals surface area (Å²) in [4.78, 5) is 24.4. The molecule has 148 valence electrons. The number of Topliss-reactive ketones (excluding diaryl/α,β-unsaturated/α-hetero) is 1. The van der Waals surface area contributed by atoms with Crippen LogP contribution < -0.4 is 5.56 Å². The molecule has 0 amide bonds. The Morgan fingerprint density at radius 3 is 2.79 bits per heavy atom. The van der Waals surface area contributed by atoms with Gasteiger partial charge in [0.25, 0.3) is 12.0 Å². The second kappa shape index (κ2) is 9.03. The topological polar surface area (TPSA) is 64.8 Å². The van der Waals surface area contributed by atoms with Gasteiger partial charge in [-0.05, 0) is 35.7 Å². The van der Waals surface area contributed by atoms with E-state index in [-0.39, 0.29) is 16.9 Å². The first kappa shape index (κ1) is 20.8. The second-order valence-corrected chi connectivity index (χ2v) is 7.46. The van der Waals surface area contributed by atoms with E-state index >= 15 is 0 Å². The summed E-state index contributed by atoms with van der Waals surface area (Å²) in [5.41, 5.74) is -0.217. The van der Waals surface area contributed by atoms with Crippen LogP contribution in [0.15, 0.2) is 41.5 Å². The van der Waals surface area contributed by atoms with E-state index in [0.29, 0.717) is 20.2 Å². The third kappa shape index (κ3) is 5.31. The SMILES string of the molecule is O=C(Cc1cc(F)c(=O)n(CC(F)F)c1)c1cc(C#Cc2cccnn2)c(Cl)s1. The molecule has 0 fully saturated rings. The molecule has 0 atom stereocenters. The number of carbonyl (C=O) groups is 1. The van der Waals surface area contributed by atoms with Crippen LogP contribution in [0.4, 0.5) is 13.2 Å². The molecule has 3 aromatic rings. The number of hydrogen-bond acceptors (Lipinski definition) is 5. The second-order valence-electron chi connectivity index (χ2n) is 5.80. The van der Waals surface area contributed by atoms with E-state index in [1.54, 1.807) is 12.1 Å². The van der Waals surface area contributed by atoms with Gasteiger partial charge in [-0.25, -0.2) is 13.2 Å². The van der Waals surface area contributed by atoms with Crippen molar-refractivity contribution in [2.24, 2.45) is 0 Å². The zero-order chi connectivity index (χ0) is 21.0. The summed E-state index contributed by atoms with van der Waals surface area (Å²) in [6, 6.07) is 5.69. The number of pyridine rings is 1. The van der Waals surface area contributed by atoms with Gasteiger partial charge in [0, 0.05) is 18.8 Å². The summed E-state index contributed by atoms with van der Waals surface area (Å²) in [5.74, 6) is 3.96. The Labute approximate surface area is 171 Å². The number of carbonyl (C=O) groups excluding carboxylic acids is 1. The van der Waals surface area contributed by atoms with E-state index in [9.17, 15) is 22.8 Å². The maximum Gasteiger partial charge on any atom is 0.286 e. The Bertz CT molecular complexity index is 1170. The Morgan fingerprint density at radius 2 is 2.10 bits per heavy atom. The van der Waals surface area contributed by atoms with Crippen LogP contribution in [0.5, 0.6) is 0 Å². The van der Waals surface area contributed by atoms with Crippen molar-refractivity contribution < 1.29 is 18.0 Å². The van der Waals surface area contributed by atoms with Gasteiger partial charge in [-0.2, -0.15) is 5.10 Å². The molecule has 0 aliphatic carbocycles. The minimum absolute atomic E-state index is 0.101. The standard InChI is InChI=1S/C19H11ClF3N3O2S/c20-18-12(3-4-13-2-1-5-24-25-13)8-16(29-18)15(27)7-11-6-14(21)19(28)26(9-11)10-17(22)23/h1-2,5-6,8-9,17H,7,10H2. The molecule has 0 aromatic carbocycles. The largest absolute Gasteiger partial charge is 0.307 e. The van der Waals surface area contributed by atoms with Crippen molar-refractivity contribution in [3.8, 4) is 11.8 Å². The molecule has 0 aliphatic rings. The maximum absolute atomic E-state index is 13.7. The van der Waals surface area contributed by atoms with Crippen LogP contribution >= 0.6 is 22.9 Å². The minimum atomic E-state index is -2.83. The van der Waals surface area contributed by atoms with Gasteiger partial charge in [-0.1, -0.05) is 17.5 Å². The van der Waals surface area contributed by atoms with Crippen LogP contribution in [0, 0.1) is 17.7 Å². The number of thiophene rings is 1. The van der Waals surface area contributed by atoms with E-state index in [4.69, 9.17) is 11.6 Å². The first-order chi connectivity index (χ1) is 13.8. The van der Waals surface area contributed by atoms with Crippen LogP contribution in [0.1, 0.15) is 26.5 Å². The molecule has 0 radical (unpaired) electrons. The van der Waals surface area contributed by atoms with Crippen LogP contribution in [0.3, 0.4) is 0 Å². The van der Waals surface area contributed by atoms with Crippen LogP contribution in [0.2, 0.25) is 4.34 Å². The molecule has 0 N–H and O–H groups in total. The molecular weight excluding hydrogens is 427 g/mol. The van der Waals surface area contributed by atoms with Crippen LogP contribution in [-0.4, -0.2) is 27.0 Å². The van der Waals surface area contributed by atoms with Crippen molar-refractivity contribution in [2.75, 3.05) is 0 Å². The highest BCUT2D eigenvalue weighted by atomic mass is 35.5. The number of alkyl halides is 2. The summed E-state index contributed by atoms with van der Waals surface area (Å²) >= 11 is 7.12. The van der Waals surface area contributed by atoms with Gasteiger partial charge >= 0.3 is 0 Å². The maximum atomic E-state index is 13.7. The molecule has 0 bridgehead atoms. The van der Waals surface area contributed by atoms with E-state index in [1.165, 1.54) is 12.3 Å². The lowest BCUT2D eigenvalue weighted by atomic mass is 10.1. The Balaban J connectivity index is 1.81. The Kier molecular flexibility index (Phi) is 6.46. The lowest BCUT2D eigenvalue weighted by Gasteiger charge is -2.08. The summed E-state index contributed by atoms with van der Waals surface area (Å²) < 4.78 is 39.7. The fourth-order valence-electron chi connectivity index (χ4n) is 2.40. The minimum Gasteiger partial charge on any atom is -0.307 e. The molecule has 3 rings (SSSR count). The number of aromatic nitrogens is 3. The van der Waals surface area contributed by atoms with E-state index in [1.807, 2.05) is 0 Å². The van der Waals surface area contributed by atoms with Gasteiger partial charge in [0.1, 0.15) is 10.0 Å². The van der Waals surface area contributed by atoms with Crippen molar-refractivity contribution >= 4 is 28.7 Å². The average Bonchev–Trinajstić information content (AvgIpc) is 3.05. The van der Waals surface area contributed by atoms with Gasteiger partial charge in [-0.3, -0.25) is 9.59 Å². The lowest BCUT2D eigenvalue weighted by molar-refractivity contribution is 0.0996. The van der Waals surface area contributed by atoms with Crippen molar-refractivity contribution in [1.82, 2.24) is 14.8 Å². The first-order valence-corrected chi connectivity index (χ1v) is 9.32. The van der Waals surface area contributed by atoms with E-state index in [0.717, 1.165) is 23.6 Å². The number of nitrogens with zero attached hydrogens (tertiary/aromatic N) is 3. The van der Waals surface area contributed by atoms with Crippen LogP contribution in [0.25, 0.3) is 0 Å². The molecule has 3 heterocycles. The quantitative estimate of drug-likeness (QED) is 0.452. The zero-order valence-electron chi connectivity index (χ0n) is 14.5. The highest BCUT2D eigenvalue weighted by Gasteiger charge is 2.16. The van der Waals surface area contributed by atoms with Crippen molar-refractivity contribution in [3.63, 3.8) is 0 Å². The lowest BCUT2D eigenvalue weighted by Crippen LogP contribution is -2.26. The summed E-state index contributed by atoms with van der Waals surface area (Å²) in [5, 5.41) is 7.52. The van der Waals surface area contributed by atoms with Crippen molar-refractivity contribution in [1.29, 1.82) is 0 Å². The number of rotatable bonds is 5. The van der Waals surface area contributed by atoms with Gasteiger partial charge in [0.05, 0.1) is 17.0 Å². The molecule has 3 aromatic heterocycles. The van der Waals surface area contributed by atoms with Crippen molar-refractivity contribution in [2.45, 2.75) is 19.4 Å². The van der Waals surface area contributed by atoms with Crippen LogP contribution in [-0.2, 0) is 13.0 Å². The van der Waals surface area contributed by atoms with E-state index < -0.39 is 30.1 Å². The molecule has 5 nitrogen and oxygen atoms in total. The molecule has 29 heavy (non-hydrogen) atoms. The summed E-state index contributed by atoms with van der Waals surface area (Å²) in [6.07, 6.45) is -0.551. The normalized spacial score (nSPS) is 10.7. The number of ketones is 1. The molecule has 0 unspecified atom stereocenters. The molecule has 0 saturated carbocycles. The fourth-order valence-corrected chi connectivity index (χ4v) is 3.53. The third-order valence-corrected chi connectivity index (χ3v) is 5.06. The predicted molar refractivity (Wildman–Crippen MR) is 102 cm³/mol. The predicted octanol–water partition coefficient (Wildman–Crippen LogP) is 3.58. The Morgan fingerprint density at radius 1 is 1.31 bits per heavy atom. The monoisotopic (exact) mass is 437 g/mol. The highest BCUT2D eigenvalue weighted by molar-refractivity contribution is 7.18. The average molecular weight is 438 g/mol. The summed E-state index contributed by atoms with van der Waals surface area (Å²) in [6.45, 7) is -0.954. The molecule has 0 saturated heterocycles. The van der Waals surface area contributed by atoms with Gasteiger partial charge in [0.2, 0.25) is 0 Å². The fraction of sp³-hybridized carbons (Fsp3) is 0.158. The molecule has 0 spiro atoms. The zero-order valence-corrected chi connectivity index (χ0v) is 16.1. The highest BCUT2D eigenvalue weighted by Crippen LogP contribution is 2.28.